The van der Waals surface area contributed by atoms with Crippen LogP contribution in [-0.2, 0) is 6.42 Å². The molecular formula is C26H25F. The van der Waals surface area contributed by atoms with Crippen molar-refractivity contribution >= 4 is 10.8 Å². The lowest BCUT2D eigenvalue weighted by atomic mass is 9.99. The molecule has 0 aliphatic carbocycles. The van der Waals surface area contributed by atoms with E-state index >= 15 is 0 Å². The number of benzene rings is 3. The molecule has 0 aromatic heterocycles. The van der Waals surface area contributed by atoms with Gasteiger partial charge in [-0.2, -0.15) is 0 Å². The van der Waals surface area contributed by atoms with E-state index in [1.807, 2.05) is 6.08 Å². The van der Waals surface area contributed by atoms with Crippen LogP contribution in [0, 0.1) is 11.8 Å². The number of fused-ring (bicyclic) bond motifs is 1. The van der Waals surface area contributed by atoms with Gasteiger partial charge in [0.1, 0.15) is 0 Å². The van der Waals surface area contributed by atoms with E-state index in [0.29, 0.717) is 6.42 Å². The van der Waals surface area contributed by atoms with E-state index in [4.69, 9.17) is 0 Å². The van der Waals surface area contributed by atoms with Crippen LogP contribution in [0.4, 0.5) is 4.39 Å². The third-order valence-electron chi connectivity index (χ3n) is 4.64. The molecule has 1 unspecified atom stereocenters. The number of alkyl halides is 1. The van der Waals surface area contributed by atoms with E-state index in [9.17, 15) is 4.39 Å². The lowest BCUT2D eigenvalue weighted by molar-refractivity contribution is 0.336. The van der Waals surface area contributed by atoms with Crippen molar-refractivity contribution in [1.29, 1.82) is 0 Å². The largest absolute Gasteiger partial charge is 0.248 e. The van der Waals surface area contributed by atoms with Gasteiger partial charge in [-0.15, -0.1) is 6.58 Å². The standard InChI is InChI=1S/C26H25F/c1-3-7-21-10-13-23(14-11-21)25-17-16-24-18-22(12-15-26(24)19-25)9-6-4-5-8-20(2)27/h3,10-20H,1,4-5,7-8H2,2H3. The van der Waals surface area contributed by atoms with Crippen LogP contribution in [0.25, 0.3) is 21.9 Å². The summed E-state index contributed by atoms with van der Waals surface area (Å²) >= 11 is 0. The van der Waals surface area contributed by atoms with Gasteiger partial charge in [-0.3, -0.25) is 0 Å². The van der Waals surface area contributed by atoms with Crippen LogP contribution in [0.2, 0.25) is 0 Å². The third kappa shape index (κ3) is 5.31. The first kappa shape index (κ1) is 18.9. The van der Waals surface area contributed by atoms with Crippen molar-refractivity contribution in [3.05, 3.63) is 84.4 Å². The molecule has 0 spiro atoms. The van der Waals surface area contributed by atoms with Crippen molar-refractivity contribution in [2.75, 3.05) is 0 Å². The molecule has 0 fully saturated rings. The first-order valence-corrected chi connectivity index (χ1v) is 9.52. The molecule has 1 atom stereocenters. The van der Waals surface area contributed by atoms with Gasteiger partial charge in [0.25, 0.3) is 0 Å². The monoisotopic (exact) mass is 356 g/mol. The number of hydrogen-bond acceptors (Lipinski definition) is 0. The number of halogens is 1. The predicted molar refractivity (Wildman–Crippen MR) is 115 cm³/mol. The quantitative estimate of drug-likeness (QED) is 0.251. The molecule has 1 heteroatoms. The van der Waals surface area contributed by atoms with Gasteiger partial charge in [0.15, 0.2) is 0 Å². The molecule has 0 bridgehead atoms. The molecule has 0 N–H and O–H groups in total. The normalized spacial score (nSPS) is 11.6. The average molecular weight is 356 g/mol. The van der Waals surface area contributed by atoms with Crippen molar-refractivity contribution < 1.29 is 4.39 Å². The maximum Gasteiger partial charge on any atom is 0.0973 e. The molecule has 0 amide bonds. The fourth-order valence-corrected chi connectivity index (χ4v) is 3.14. The molecule has 27 heavy (non-hydrogen) atoms. The summed E-state index contributed by atoms with van der Waals surface area (Å²) in [5, 5.41) is 2.39. The number of unbranched alkanes of at least 4 members (excludes halogenated alkanes) is 1. The van der Waals surface area contributed by atoms with Crippen LogP contribution in [0.5, 0.6) is 0 Å². The van der Waals surface area contributed by atoms with Crippen molar-refractivity contribution in [2.24, 2.45) is 0 Å². The van der Waals surface area contributed by atoms with Gasteiger partial charge >= 0.3 is 0 Å². The van der Waals surface area contributed by atoms with Gasteiger partial charge in [0.05, 0.1) is 6.17 Å². The van der Waals surface area contributed by atoms with E-state index in [1.165, 1.54) is 27.5 Å². The third-order valence-corrected chi connectivity index (χ3v) is 4.64. The van der Waals surface area contributed by atoms with Crippen LogP contribution in [0.15, 0.2) is 73.3 Å². The lowest BCUT2D eigenvalue weighted by Crippen LogP contribution is -1.90. The zero-order valence-electron chi connectivity index (χ0n) is 15.8. The van der Waals surface area contributed by atoms with Crippen molar-refractivity contribution in [2.45, 2.75) is 38.8 Å². The van der Waals surface area contributed by atoms with Crippen molar-refractivity contribution in [1.82, 2.24) is 0 Å². The van der Waals surface area contributed by atoms with Gasteiger partial charge < -0.3 is 0 Å². The molecule has 3 rings (SSSR count). The van der Waals surface area contributed by atoms with E-state index in [1.54, 1.807) is 6.92 Å². The Bertz CT molecular complexity index is 969. The summed E-state index contributed by atoms with van der Waals surface area (Å²) < 4.78 is 12.8. The Labute approximate surface area is 161 Å². The summed E-state index contributed by atoms with van der Waals surface area (Å²) in [7, 11) is 0. The Kier molecular flexibility index (Phi) is 6.44. The number of allylic oxidation sites excluding steroid dienone is 1. The second kappa shape index (κ2) is 9.19. The van der Waals surface area contributed by atoms with Crippen LogP contribution >= 0.6 is 0 Å². The smallest absolute Gasteiger partial charge is 0.0973 e. The minimum absolute atomic E-state index is 0.587. The summed E-state index contributed by atoms with van der Waals surface area (Å²) in [5.74, 6) is 6.35. The SMILES string of the molecule is C=CCc1ccc(-c2ccc3cc(C#CCCCC(C)F)ccc3c2)cc1. The van der Waals surface area contributed by atoms with E-state index in [0.717, 1.165) is 24.8 Å². The molecule has 0 nitrogen and oxygen atoms in total. The second-order valence-electron chi connectivity index (χ2n) is 6.94. The molecule has 0 saturated heterocycles. The van der Waals surface area contributed by atoms with Gasteiger partial charge in [0, 0.05) is 12.0 Å². The van der Waals surface area contributed by atoms with Crippen LogP contribution in [0.3, 0.4) is 0 Å². The summed E-state index contributed by atoms with van der Waals surface area (Å²) in [6.07, 6.45) is 4.23. The first-order chi connectivity index (χ1) is 13.2. The molecule has 3 aromatic carbocycles. The maximum atomic E-state index is 12.8. The molecule has 3 aromatic rings. The number of rotatable bonds is 6. The van der Waals surface area contributed by atoms with Gasteiger partial charge in [-0.1, -0.05) is 60.4 Å². The molecule has 0 saturated carbocycles. The van der Waals surface area contributed by atoms with Gasteiger partial charge in [0.2, 0.25) is 0 Å². The van der Waals surface area contributed by atoms with Gasteiger partial charge in [-0.25, -0.2) is 4.39 Å². The summed E-state index contributed by atoms with van der Waals surface area (Å²) in [6, 6.07) is 21.5. The minimum atomic E-state index is -0.736. The Balaban J connectivity index is 1.75. The molecule has 136 valence electrons. The maximum absolute atomic E-state index is 12.8. The predicted octanol–water partition coefficient (Wildman–Crippen LogP) is 7.12. The minimum Gasteiger partial charge on any atom is -0.248 e. The molecular weight excluding hydrogens is 331 g/mol. The van der Waals surface area contributed by atoms with Crippen molar-refractivity contribution in [3.63, 3.8) is 0 Å². The zero-order chi connectivity index (χ0) is 19.1. The fourth-order valence-electron chi connectivity index (χ4n) is 3.14. The molecule has 0 radical (unpaired) electrons. The van der Waals surface area contributed by atoms with E-state index in [-0.39, 0.29) is 0 Å². The highest BCUT2D eigenvalue weighted by Crippen LogP contribution is 2.25. The zero-order valence-corrected chi connectivity index (χ0v) is 15.8. The molecule has 0 aliphatic rings. The topological polar surface area (TPSA) is 0 Å². The van der Waals surface area contributed by atoms with Crippen LogP contribution in [-0.4, -0.2) is 6.17 Å². The summed E-state index contributed by atoms with van der Waals surface area (Å²) in [5.41, 5.74) is 4.72. The highest BCUT2D eigenvalue weighted by Gasteiger charge is 2.01. The lowest BCUT2D eigenvalue weighted by Gasteiger charge is -2.06. The highest BCUT2D eigenvalue weighted by molar-refractivity contribution is 5.88. The average Bonchev–Trinajstić information content (AvgIpc) is 2.68. The first-order valence-electron chi connectivity index (χ1n) is 9.52. The summed E-state index contributed by atoms with van der Waals surface area (Å²) in [6.45, 7) is 5.39. The Morgan fingerprint density at radius 2 is 1.67 bits per heavy atom. The van der Waals surface area contributed by atoms with E-state index in [2.05, 4.69) is 79.1 Å². The van der Waals surface area contributed by atoms with Gasteiger partial charge in [-0.05, 0) is 71.8 Å². The Hall–Kier alpha value is -2.85. The van der Waals surface area contributed by atoms with Crippen LogP contribution < -0.4 is 0 Å². The van der Waals surface area contributed by atoms with Crippen LogP contribution in [0.1, 0.15) is 37.3 Å². The molecule has 0 aliphatic heterocycles. The Morgan fingerprint density at radius 3 is 2.41 bits per heavy atom. The van der Waals surface area contributed by atoms with E-state index < -0.39 is 6.17 Å². The Morgan fingerprint density at radius 1 is 0.963 bits per heavy atom. The number of hydrogen-bond donors (Lipinski definition) is 0. The second-order valence-corrected chi connectivity index (χ2v) is 6.94. The van der Waals surface area contributed by atoms with Crippen molar-refractivity contribution in [3.8, 4) is 23.0 Å². The summed E-state index contributed by atoms with van der Waals surface area (Å²) in [4.78, 5) is 0. The highest BCUT2D eigenvalue weighted by atomic mass is 19.1. The molecule has 0 heterocycles. The fraction of sp³-hybridized carbons (Fsp3) is 0.231.